The summed E-state index contributed by atoms with van der Waals surface area (Å²) in [5.41, 5.74) is 8.04. The fourth-order valence-corrected chi connectivity index (χ4v) is 11.0. The van der Waals surface area contributed by atoms with Gasteiger partial charge in [-0.2, -0.15) is 10.7 Å². The average Bonchev–Trinajstić information content (AvgIpc) is 3.95. The number of cyclic esters (lactones) is 1. The minimum atomic E-state index is -2.16. The van der Waals surface area contributed by atoms with Crippen molar-refractivity contribution in [1.82, 2.24) is 35.2 Å². The number of aryl methyl sites for hydroxylation is 1. The minimum absolute atomic E-state index is 0.00351. The molecule has 2 saturated carbocycles. The Hall–Kier alpha value is -4.72. The van der Waals surface area contributed by atoms with Crippen molar-refractivity contribution in [3.8, 4) is 28.6 Å². The molecule has 4 fully saturated rings. The third-order valence-corrected chi connectivity index (χ3v) is 15.1. The molecule has 4 aromatic rings. The Morgan fingerprint density at radius 3 is 2.63 bits per heavy atom. The maximum atomic E-state index is 14.3. The number of aliphatic hydroxyl groups is 1. The second-order valence-corrected chi connectivity index (χ2v) is 20.2. The van der Waals surface area contributed by atoms with Crippen molar-refractivity contribution in [1.29, 1.82) is 5.26 Å². The van der Waals surface area contributed by atoms with Crippen LogP contribution < -0.4 is 10.7 Å². The summed E-state index contributed by atoms with van der Waals surface area (Å²) in [5, 5.41) is 29.2. The Kier molecular flexibility index (Phi) is 12.0. The topological polar surface area (TPSA) is 175 Å². The highest BCUT2D eigenvalue weighted by molar-refractivity contribution is 7.10. The van der Waals surface area contributed by atoms with E-state index in [2.05, 4.69) is 77.5 Å². The summed E-state index contributed by atoms with van der Waals surface area (Å²) in [7, 11) is 1.72. The molecule has 334 valence electrons. The number of carbonyl (C=O) groups excluding carboxylic acids is 3. The van der Waals surface area contributed by atoms with Gasteiger partial charge in [-0.05, 0) is 114 Å². The van der Waals surface area contributed by atoms with E-state index in [1.165, 1.54) is 34.8 Å². The van der Waals surface area contributed by atoms with E-state index in [0.717, 1.165) is 76.6 Å². The molecule has 3 aliphatic heterocycles. The molecule has 3 aromatic heterocycles. The number of aromatic nitrogens is 3. The zero-order valence-corrected chi connectivity index (χ0v) is 37.9. The lowest BCUT2D eigenvalue weighted by Crippen LogP contribution is -2.67. The van der Waals surface area contributed by atoms with E-state index < -0.39 is 40.9 Å². The Morgan fingerprint density at radius 1 is 1.14 bits per heavy atom. The van der Waals surface area contributed by atoms with Crippen LogP contribution >= 0.6 is 11.3 Å². The number of nitrogens with zero attached hydrogens (tertiary/aromatic N) is 6. The number of pyridine rings is 1. The van der Waals surface area contributed by atoms with E-state index in [9.17, 15) is 24.8 Å². The highest BCUT2D eigenvalue weighted by Crippen LogP contribution is 2.44. The number of fused-ring (bicyclic) bond motifs is 6. The number of hydrazine groups is 1. The average molecular weight is 877 g/mol. The van der Waals surface area contributed by atoms with Crippen molar-refractivity contribution in [2.24, 2.45) is 17.3 Å². The zero-order valence-electron chi connectivity index (χ0n) is 37.1. The molecule has 2 saturated heterocycles. The molecule has 5 aliphatic rings. The minimum Gasteiger partial charge on any atom is -0.462 e. The Bertz CT molecular complexity index is 2450. The first kappa shape index (κ1) is 43.5. The molecule has 1 aromatic carbocycles. The SMILES string of the molecule is CCn1c(-c2cc(C3CCN(C4CC4)CC3)cnc2[C@H](C)OC)c2c3cc(ccc31)-c1csc(n1)C[C@H](NC(=O)[C@@H]1CC[C@H]1C#N)C(=O)N1CCC[C@@](O)(N1)C(=O)OCC(C)(C)C2. The van der Waals surface area contributed by atoms with Gasteiger partial charge >= 0.3 is 5.97 Å². The number of piperidine rings is 1. The second-order valence-electron chi connectivity index (χ2n) is 19.2. The first-order chi connectivity index (χ1) is 30.3. The largest absolute Gasteiger partial charge is 0.462 e. The van der Waals surface area contributed by atoms with Gasteiger partial charge in [0, 0.05) is 78.1 Å². The molecule has 0 spiro atoms. The van der Waals surface area contributed by atoms with E-state index in [4.69, 9.17) is 19.4 Å². The first-order valence-electron chi connectivity index (χ1n) is 22.9. The summed E-state index contributed by atoms with van der Waals surface area (Å²) in [6.07, 6.45) is 8.78. The monoisotopic (exact) mass is 876 g/mol. The van der Waals surface area contributed by atoms with Crippen LogP contribution in [0.4, 0.5) is 0 Å². The van der Waals surface area contributed by atoms with Gasteiger partial charge in [-0.15, -0.1) is 11.3 Å². The molecule has 3 N–H and O–H groups in total. The summed E-state index contributed by atoms with van der Waals surface area (Å²) >= 11 is 1.41. The zero-order chi connectivity index (χ0) is 44.2. The molecular weight excluding hydrogens is 817 g/mol. The summed E-state index contributed by atoms with van der Waals surface area (Å²) in [5.74, 6) is -2.26. The number of methoxy groups -OCH3 is 1. The van der Waals surface area contributed by atoms with Crippen LogP contribution in [0, 0.1) is 28.6 Å². The van der Waals surface area contributed by atoms with E-state index in [1.807, 2.05) is 12.3 Å². The number of thiazole rings is 1. The Balaban J connectivity index is 1.15. The first-order valence-corrected chi connectivity index (χ1v) is 23.7. The molecular formula is C48H60N8O6S. The molecule has 0 unspecified atom stereocenters. The standard InChI is InChI=1S/C48H60N8O6S/c1-6-55-40-13-9-30-20-35(40)37(43(55)36-21-32(25-50-42(36)28(2)61-5)29-14-18-54(19-15-29)33-10-11-33)23-47(3,4)27-62-46(59)48(60)16-7-17-56(53-48)45(58)38(22-41-51-39(30)26-63-41)52-44(57)34-12-8-31(34)24-49/h9,13,20-21,25-26,28-29,31,33-34,38,53,60H,6-8,10-12,14-19,22-23,27H2,1-5H3,(H,52,57)/t28-,31-,34+,38-,48-/m0/s1. The van der Waals surface area contributed by atoms with Gasteiger partial charge in [-0.25, -0.2) is 9.78 Å². The smallest absolute Gasteiger partial charge is 0.355 e. The lowest BCUT2D eigenvalue weighted by molar-refractivity contribution is -0.189. The number of ether oxygens (including phenoxy) is 2. The number of likely N-dealkylation sites (tertiary alicyclic amines) is 1. The summed E-state index contributed by atoms with van der Waals surface area (Å²) in [6, 6.07) is 10.7. The number of rotatable bonds is 8. The van der Waals surface area contributed by atoms with Gasteiger partial charge in [0.25, 0.3) is 5.91 Å². The molecule has 15 heteroatoms. The molecule has 5 atom stereocenters. The van der Waals surface area contributed by atoms with Crippen LogP contribution in [0.2, 0.25) is 0 Å². The predicted molar refractivity (Wildman–Crippen MR) is 239 cm³/mol. The van der Waals surface area contributed by atoms with Crippen LogP contribution in [0.5, 0.6) is 0 Å². The number of nitrogens with one attached hydrogen (secondary N) is 2. The van der Waals surface area contributed by atoms with Gasteiger partial charge in [-0.3, -0.25) is 19.6 Å². The van der Waals surface area contributed by atoms with Gasteiger partial charge in [-0.1, -0.05) is 19.9 Å². The summed E-state index contributed by atoms with van der Waals surface area (Å²) < 4.78 is 14.4. The second kappa shape index (κ2) is 17.3. The number of hydrogen-bond donors (Lipinski definition) is 3. The van der Waals surface area contributed by atoms with Gasteiger partial charge in [0.1, 0.15) is 6.04 Å². The molecule has 9 rings (SSSR count). The van der Waals surface area contributed by atoms with Crippen LogP contribution in [0.1, 0.15) is 113 Å². The van der Waals surface area contributed by atoms with Gasteiger partial charge in [0.05, 0.1) is 52.7 Å². The molecule has 14 nitrogen and oxygen atoms in total. The summed E-state index contributed by atoms with van der Waals surface area (Å²) in [4.78, 5) is 54.6. The van der Waals surface area contributed by atoms with Gasteiger partial charge in [0.15, 0.2) is 0 Å². The van der Waals surface area contributed by atoms with E-state index in [0.29, 0.717) is 43.2 Å². The van der Waals surface area contributed by atoms with Crippen LogP contribution in [0.15, 0.2) is 35.8 Å². The van der Waals surface area contributed by atoms with Crippen molar-refractivity contribution < 1.29 is 29.0 Å². The Morgan fingerprint density at radius 2 is 1.94 bits per heavy atom. The third kappa shape index (κ3) is 8.53. The fourth-order valence-electron chi connectivity index (χ4n) is 10.2. The molecule has 6 heterocycles. The molecule has 2 amide bonds. The van der Waals surface area contributed by atoms with E-state index in [1.54, 1.807) is 7.11 Å². The maximum Gasteiger partial charge on any atom is 0.355 e. The normalized spacial score (nSPS) is 26.4. The van der Waals surface area contributed by atoms with Gasteiger partial charge in [0.2, 0.25) is 11.6 Å². The predicted octanol–water partition coefficient (Wildman–Crippen LogP) is 6.41. The number of amides is 2. The van der Waals surface area contributed by atoms with Crippen LogP contribution in [-0.2, 0) is 43.2 Å². The fraction of sp³-hybridized carbons (Fsp3) is 0.583. The van der Waals surface area contributed by atoms with Crippen molar-refractivity contribution in [2.75, 3.05) is 33.4 Å². The highest BCUT2D eigenvalue weighted by atomic mass is 32.1. The van der Waals surface area contributed by atoms with Crippen LogP contribution in [0.25, 0.3) is 33.4 Å². The number of carbonyl (C=O) groups is 3. The molecule has 6 bridgehead atoms. The highest BCUT2D eigenvalue weighted by Gasteiger charge is 2.46. The Labute approximate surface area is 373 Å². The lowest BCUT2D eigenvalue weighted by Gasteiger charge is -2.40. The number of esters is 1. The number of benzene rings is 1. The maximum absolute atomic E-state index is 14.3. The van der Waals surface area contributed by atoms with E-state index >= 15 is 0 Å². The molecule has 63 heavy (non-hydrogen) atoms. The quantitative estimate of drug-likeness (QED) is 0.167. The summed E-state index contributed by atoms with van der Waals surface area (Å²) in [6.45, 7) is 11.4. The molecule has 0 radical (unpaired) electrons. The van der Waals surface area contributed by atoms with Crippen molar-refractivity contribution in [3.05, 3.63) is 57.7 Å². The van der Waals surface area contributed by atoms with Crippen molar-refractivity contribution >= 4 is 40.0 Å². The van der Waals surface area contributed by atoms with Crippen molar-refractivity contribution in [3.63, 3.8) is 0 Å². The third-order valence-electron chi connectivity index (χ3n) is 14.2. The van der Waals surface area contributed by atoms with Crippen LogP contribution in [0.3, 0.4) is 0 Å². The van der Waals surface area contributed by atoms with E-state index in [-0.39, 0.29) is 38.0 Å². The van der Waals surface area contributed by atoms with Crippen LogP contribution in [-0.4, -0.2) is 98.5 Å². The van der Waals surface area contributed by atoms with Crippen molar-refractivity contribution in [2.45, 2.75) is 128 Å². The number of hydrogen-bond acceptors (Lipinski definition) is 12. The molecule has 2 aliphatic carbocycles. The number of nitriles is 1. The van der Waals surface area contributed by atoms with Gasteiger partial charge < -0.3 is 29.4 Å². The lowest BCUT2D eigenvalue weighted by atomic mass is 9.74.